The van der Waals surface area contributed by atoms with Gasteiger partial charge in [0.05, 0.1) is 0 Å². The van der Waals surface area contributed by atoms with Gasteiger partial charge in [-0.15, -0.1) is 0 Å². The van der Waals surface area contributed by atoms with Gasteiger partial charge < -0.3 is 0 Å². The highest BCUT2D eigenvalue weighted by atomic mass is 32.1. The molecular formula is C8H5S. The molecule has 2 rings (SSSR count). The molecule has 0 aliphatic heterocycles. The van der Waals surface area contributed by atoms with E-state index in [-0.39, 0.29) is 0 Å². The number of rotatable bonds is 0. The zero-order valence-corrected chi connectivity index (χ0v) is 5.61. The van der Waals surface area contributed by atoms with Gasteiger partial charge in [-0.25, -0.2) is 0 Å². The van der Waals surface area contributed by atoms with Crippen LogP contribution in [0.3, 0.4) is 0 Å². The molecule has 9 heavy (non-hydrogen) atoms. The van der Waals surface area contributed by atoms with Crippen molar-refractivity contribution in [2.75, 3.05) is 0 Å². The number of benzene rings is 1. The van der Waals surface area contributed by atoms with Crippen molar-refractivity contribution in [2.24, 2.45) is 0 Å². The molecule has 0 N–H and O–H groups in total. The molecule has 0 fully saturated rings. The zero-order chi connectivity index (χ0) is 6.10. The summed E-state index contributed by atoms with van der Waals surface area (Å²) >= 11 is 1.73. The first-order valence-corrected chi connectivity index (χ1v) is 3.73. The minimum atomic E-state index is 1.29. The Labute approximate surface area is 57.8 Å². The van der Waals surface area contributed by atoms with Gasteiger partial charge in [0.1, 0.15) is 0 Å². The fraction of sp³-hybridized carbons (Fsp3) is 0. The Kier molecular flexibility index (Phi) is 1.03. The quantitative estimate of drug-likeness (QED) is 0.518. The second-order valence-corrected chi connectivity index (χ2v) is 2.67. The summed E-state index contributed by atoms with van der Waals surface area (Å²) in [6, 6.07) is 9.05. The third-order valence-corrected chi connectivity index (χ3v) is 2.10. The molecular weight excluding hydrogens is 128 g/mol. The van der Waals surface area contributed by atoms with Crippen LogP contribution < -0.4 is 0 Å². The predicted octanol–water partition coefficient (Wildman–Crippen LogP) is 2.70. The monoisotopic (exact) mass is 133 g/mol. The number of hydrogen-bond donors (Lipinski definition) is 0. The third-order valence-electron chi connectivity index (χ3n) is 1.32. The molecule has 2 aromatic rings. The molecule has 0 atom stereocenters. The Balaban J connectivity index is 2.95. The highest BCUT2D eigenvalue weighted by molar-refractivity contribution is 7.09. The van der Waals surface area contributed by atoms with Crippen molar-refractivity contribution in [3.63, 3.8) is 0 Å². The largest absolute Gasteiger partial charge is 0.151 e. The molecule has 1 aromatic heterocycles. The molecule has 0 nitrogen and oxygen atoms in total. The lowest BCUT2D eigenvalue weighted by atomic mass is 10.2. The third kappa shape index (κ3) is 0.736. The molecule has 0 saturated carbocycles. The number of hydrogen-bond acceptors (Lipinski definition) is 1. The van der Waals surface area contributed by atoms with Gasteiger partial charge in [0.25, 0.3) is 0 Å². The van der Waals surface area contributed by atoms with Crippen LogP contribution in [-0.2, 0) is 0 Å². The van der Waals surface area contributed by atoms with Crippen molar-refractivity contribution in [3.05, 3.63) is 35.0 Å². The fourth-order valence-corrected chi connectivity index (χ4v) is 1.63. The summed E-state index contributed by atoms with van der Waals surface area (Å²) in [5, 5.41) is 6.89. The van der Waals surface area contributed by atoms with E-state index in [1.807, 2.05) is 12.1 Å². The Morgan fingerprint density at radius 2 is 2.11 bits per heavy atom. The minimum Gasteiger partial charge on any atom is -0.151 e. The van der Waals surface area contributed by atoms with E-state index in [2.05, 4.69) is 22.9 Å². The molecule has 0 aliphatic carbocycles. The van der Waals surface area contributed by atoms with Crippen molar-refractivity contribution < 1.29 is 0 Å². The van der Waals surface area contributed by atoms with Crippen LogP contribution in [0.15, 0.2) is 29.0 Å². The topological polar surface area (TPSA) is 0 Å². The molecule has 1 heterocycles. The molecule has 0 amide bonds. The molecule has 0 aliphatic rings. The van der Waals surface area contributed by atoms with Crippen LogP contribution in [0.2, 0.25) is 0 Å². The summed E-state index contributed by atoms with van der Waals surface area (Å²) in [7, 11) is 0. The van der Waals surface area contributed by atoms with E-state index in [4.69, 9.17) is 0 Å². The maximum atomic E-state index is 3.03. The first-order chi connectivity index (χ1) is 4.47. The van der Waals surface area contributed by atoms with Crippen LogP contribution in [0.25, 0.3) is 10.8 Å². The van der Waals surface area contributed by atoms with Gasteiger partial charge in [0, 0.05) is 0 Å². The van der Waals surface area contributed by atoms with Crippen LogP contribution in [0.4, 0.5) is 0 Å². The molecule has 0 spiro atoms. The Morgan fingerprint density at radius 3 is 3.00 bits per heavy atom. The Bertz CT molecular complexity index is 279. The van der Waals surface area contributed by atoms with Gasteiger partial charge in [-0.3, -0.25) is 0 Å². The van der Waals surface area contributed by atoms with Gasteiger partial charge >= 0.3 is 0 Å². The van der Waals surface area contributed by atoms with Gasteiger partial charge in [-0.2, -0.15) is 11.3 Å². The van der Waals surface area contributed by atoms with Gasteiger partial charge in [0.2, 0.25) is 0 Å². The summed E-state index contributed by atoms with van der Waals surface area (Å²) in [6.07, 6.45) is 0. The van der Waals surface area contributed by atoms with Gasteiger partial charge in [0.15, 0.2) is 0 Å². The zero-order valence-electron chi connectivity index (χ0n) is 4.79. The van der Waals surface area contributed by atoms with Crippen LogP contribution in [0, 0.1) is 6.07 Å². The molecule has 0 bridgehead atoms. The SMILES string of the molecule is [c]1ccc2cscc2c1. The van der Waals surface area contributed by atoms with Crippen molar-refractivity contribution in [2.45, 2.75) is 0 Å². The van der Waals surface area contributed by atoms with Crippen molar-refractivity contribution in [3.8, 4) is 0 Å². The lowest BCUT2D eigenvalue weighted by Gasteiger charge is -1.81. The first kappa shape index (κ1) is 5.00. The van der Waals surface area contributed by atoms with E-state index in [9.17, 15) is 0 Å². The highest BCUT2D eigenvalue weighted by Gasteiger charge is 1.87. The van der Waals surface area contributed by atoms with Crippen molar-refractivity contribution in [1.29, 1.82) is 0 Å². The molecule has 1 aromatic carbocycles. The van der Waals surface area contributed by atoms with Gasteiger partial charge in [-0.1, -0.05) is 12.1 Å². The molecule has 0 saturated heterocycles. The molecule has 1 radical (unpaired) electrons. The molecule has 43 valence electrons. The maximum Gasteiger partial charge on any atom is -0.00143 e. The van der Waals surface area contributed by atoms with E-state index in [0.29, 0.717) is 0 Å². The van der Waals surface area contributed by atoms with E-state index < -0.39 is 0 Å². The van der Waals surface area contributed by atoms with E-state index in [1.165, 1.54) is 10.8 Å². The van der Waals surface area contributed by atoms with Crippen LogP contribution >= 0.6 is 11.3 Å². The van der Waals surface area contributed by atoms with Crippen LogP contribution in [0.1, 0.15) is 0 Å². The summed E-state index contributed by atoms with van der Waals surface area (Å²) in [5.41, 5.74) is 0. The molecule has 1 heteroatoms. The summed E-state index contributed by atoms with van der Waals surface area (Å²) in [6.45, 7) is 0. The lowest BCUT2D eigenvalue weighted by Crippen LogP contribution is -1.58. The second-order valence-electron chi connectivity index (χ2n) is 1.93. The standard InChI is InChI=1S/C8H5S/c1-2-4-8-6-9-5-7(8)3-1/h1,3-6H. The first-order valence-electron chi connectivity index (χ1n) is 2.79. The smallest absolute Gasteiger partial charge is 0.00143 e. The van der Waals surface area contributed by atoms with E-state index in [1.54, 1.807) is 11.3 Å². The number of thiophene rings is 1. The normalized spacial score (nSPS) is 10.2. The fourth-order valence-electron chi connectivity index (χ4n) is 0.845. The van der Waals surface area contributed by atoms with Crippen molar-refractivity contribution in [1.82, 2.24) is 0 Å². The summed E-state index contributed by atoms with van der Waals surface area (Å²) in [4.78, 5) is 0. The minimum absolute atomic E-state index is 1.29. The highest BCUT2D eigenvalue weighted by Crippen LogP contribution is 2.16. The Hall–Kier alpha value is -0.820. The van der Waals surface area contributed by atoms with Gasteiger partial charge in [-0.05, 0) is 33.7 Å². The van der Waals surface area contributed by atoms with E-state index in [0.717, 1.165) is 0 Å². The van der Waals surface area contributed by atoms with Crippen LogP contribution in [0.5, 0.6) is 0 Å². The summed E-state index contributed by atoms with van der Waals surface area (Å²) < 4.78 is 0. The Morgan fingerprint density at radius 1 is 1.22 bits per heavy atom. The van der Waals surface area contributed by atoms with E-state index >= 15 is 0 Å². The molecule has 0 unspecified atom stereocenters. The predicted molar refractivity (Wildman–Crippen MR) is 40.7 cm³/mol. The van der Waals surface area contributed by atoms with Crippen molar-refractivity contribution >= 4 is 22.1 Å². The number of fused-ring (bicyclic) bond motifs is 1. The lowest BCUT2D eigenvalue weighted by molar-refractivity contribution is 1.82. The summed E-state index contributed by atoms with van der Waals surface area (Å²) in [5.74, 6) is 0. The second kappa shape index (κ2) is 1.85. The van der Waals surface area contributed by atoms with Crippen LogP contribution in [-0.4, -0.2) is 0 Å². The average molecular weight is 133 g/mol. The average Bonchev–Trinajstić information content (AvgIpc) is 2.33. The maximum absolute atomic E-state index is 3.03.